The summed E-state index contributed by atoms with van der Waals surface area (Å²) in [6.45, 7) is 3.96. The van der Waals surface area contributed by atoms with Crippen LogP contribution in [0.3, 0.4) is 0 Å². The van der Waals surface area contributed by atoms with Gasteiger partial charge in [-0.2, -0.15) is 0 Å². The standard InChI is InChI=1S/C21H20F2N4S/c1-14-7-9-27(21-24-8-10-28-21)13-17(14)15-5-6-20(25-11-15)26-12-16-18(22)3-2-4-19(16)23/h2-6,8,10-11H,7,9,12-13H2,1H3,(H,25,26). The Balaban J connectivity index is 1.47. The van der Waals surface area contributed by atoms with Crippen molar-refractivity contribution in [1.29, 1.82) is 0 Å². The van der Waals surface area contributed by atoms with Gasteiger partial charge in [0.05, 0.1) is 0 Å². The number of nitrogens with zero attached hydrogens (tertiary/aromatic N) is 3. The first-order valence-corrected chi connectivity index (χ1v) is 9.96. The highest BCUT2D eigenvalue weighted by molar-refractivity contribution is 7.13. The lowest BCUT2D eigenvalue weighted by atomic mass is 9.96. The summed E-state index contributed by atoms with van der Waals surface area (Å²) in [5, 5.41) is 6.01. The molecule has 3 heterocycles. The van der Waals surface area contributed by atoms with E-state index in [0.717, 1.165) is 30.2 Å². The Kier molecular flexibility index (Phi) is 5.34. The van der Waals surface area contributed by atoms with Gasteiger partial charge in [-0.05, 0) is 48.7 Å². The molecule has 2 aromatic heterocycles. The Hall–Kier alpha value is -2.80. The van der Waals surface area contributed by atoms with Gasteiger partial charge in [-0.15, -0.1) is 11.3 Å². The summed E-state index contributed by atoms with van der Waals surface area (Å²) in [4.78, 5) is 11.1. The zero-order valence-corrected chi connectivity index (χ0v) is 16.3. The van der Waals surface area contributed by atoms with Gasteiger partial charge in [0.25, 0.3) is 0 Å². The normalized spacial score (nSPS) is 14.5. The molecule has 0 aliphatic carbocycles. The van der Waals surface area contributed by atoms with Crippen LogP contribution in [-0.4, -0.2) is 23.1 Å². The Morgan fingerprint density at radius 2 is 1.96 bits per heavy atom. The summed E-state index contributed by atoms with van der Waals surface area (Å²) < 4.78 is 27.5. The van der Waals surface area contributed by atoms with Crippen molar-refractivity contribution in [2.75, 3.05) is 23.3 Å². The minimum Gasteiger partial charge on any atom is -0.366 e. The lowest BCUT2D eigenvalue weighted by Gasteiger charge is -2.29. The molecule has 1 N–H and O–H groups in total. The minimum absolute atomic E-state index is 0.0123. The lowest BCUT2D eigenvalue weighted by Crippen LogP contribution is -2.30. The van der Waals surface area contributed by atoms with Gasteiger partial charge < -0.3 is 10.2 Å². The molecule has 0 amide bonds. The van der Waals surface area contributed by atoms with Crippen LogP contribution < -0.4 is 10.2 Å². The van der Waals surface area contributed by atoms with Gasteiger partial charge in [0.15, 0.2) is 5.13 Å². The molecule has 1 aliphatic heterocycles. The molecule has 0 atom stereocenters. The molecule has 1 aliphatic rings. The van der Waals surface area contributed by atoms with Crippen molar-refractivity contribution in [1.82, 2.24) is 9.97 Å². The van der Waals surface area contributed by atoms with Crippen LogP contribution in [0.25, 0.3) is 5.57 Å². The van der Waals surface area contributed by atoms with E-state index in [0.29, 0.717) is 5.82 Å². The predicted molar refractivity (Wildman–Crippen MR) is 109 cm³/mol. The number of hydrogen-bond donors (Lipinski definition) is 1. The number of halogens is 2. The first-order chi connectivity index (χ1) is 13.6. The largest absolute Gasteiger partial charge is 0.366 e. The zero-order valence-electron chi connectivity index (χ0n) is 15.5. The SMILES string of the molecule is CC1=C(c2ccc(NCc3c(F)cccc3F)nc2)CN(c2nccs2)CC1. The van der Waals surface area contributed by atoms with Crippen LogP contribution in [0.5, 0.6) is 0 Å². The molecule has 3 aromatic rings. The Morgan fingerprint density at radius 1 is 1.14 bits per heavy atom. The summed E-state index contributed by atoms with van der Waals surface area (Å²) in [7, 11) is 0. The van der Waals surface area contributed by atoms with E-state index in [1.54, 1.807) is 11.3 Å². The van der Waals surface area contributed by atoms with Gasteiger partial charge in [-0.1, -0.05) is 11.6 Å². The molecule has 144 valence electrons. The van der Waals surface area contributed by atoms with Crippen molar-refractivity contribution in [2.45, 2.75) is 19.9 Å². The van der Waals surface area contributed by atoms with E-state index in [1.807, 2.05) is 29.9 Å². The monoisotopic (exact) mass is 398 g/mol. The molecular weight excluding hydrogens is 378 g/mol. The highest BCUT2D eigenvalue weighted by Gasteiger charge is 2.20. The third kappa shape index (κ3) is 3.89. The molecule has 28 heavy (non-hydrogen) atoms. The Morgan fingerprint density at radius 3 is 2.64 bits per heavy atom. The number of hydrogen-bond acceptors (Lipinski definition) is 5. The first kappa shape index (κ1) is 18.6. The van der Waals surface area contributed by atoms with E-state index >= 15 is 0 Å². The topological polar surface area (TPSA) is 41.1 Å². The quantitative estimate of drug-likeness (QED) is 0.648. The number of rotatable bonds is 5. The van der Waals surface area contributed by atoms with E-state index in [9.17, 15) is 8.78 Å². The molecule has 4 rings (SSSR count). The Bertz CT molecular complexity index is 964. The van der Waals surface area contributed by atoms with Crippen molar-refractivity contribution in [3.05, 3.63) is 76.4 Å². The zero-order chi connectivity index (χ0) is 19.5. The Labute approximate surface area is 166 Å². The fourth-order valence-corrected chi connectivity index (χ4v) is 3.96. The number of pyridine rings is 1. The number of nitrogens with one attached hydrogen (secondary N) is 1. The second-order valence-corrected chi connectivity index (χ2v) is 7.60. The van der Waals surface area contributed by atoms with Crippen molar-refractivity contribution in [3.8, 4) is 0 Å². The fraction of sp³-hybridized carbons (Fsp3) is 0.238. The van der Waals surface area contributed by atoms with Gasteiger partial charge in [-0.25, -0.2) is 18.7 Å². The molecule has 1 aromatic carbocycles. The van der Waals surface area contributed by atoms with Gasteiger partial charge in [0.1, 0.15) is 17.5 Å². The summed E-state index contributed by atoms with van der Waals surface area (Å²) >= 11 is 1.64. The molecule has 7 heteroatoms. The molecule has 0 unspecified atom stereocenters. The first-order valence-electron chi connectivity index (χ1n) is 9.08. The highest BCUT2D eigenvalue weighted by Crippen LogP contribution is 2.30. The highest BCUT2D eigenvalue weighted by atomic mass is 32.1. The summed E-state index contributed by atoms with van der Waals surface area (Å²) in [6.07, 6.45) is 4.62. The van der Waals surface area contributed by atoms with Crippen molar-refractivity contribution in [3.63, 3.8) is 0 Å². The smallest absolute Gasteiger partial charge is 0.185 e. The third-order valence-electron chi connectivity index (χ3n) is 4.93. The summed E-state index contributed by atoms with van der Waals surface area (Å²) in [5.74, 6) is -0.541. The van der Waals surface area contributed by atoms with Gasteiger partial charge in [0, 0.05) is 43.0 Å². The number of anilines is 2. The molecule has 0 saturated heterocycles. The van der Waals surface area contributed by atoms with E-state index in [-0.39, 0.29) is 12.1 Å². The number of benzene rings is 1. The molecule has 0 spiro atoms. The minimum atomic E-state index is -0.561. The van der Waals surface area contributed by atoms with E-state index in [4.69, 9.17) is 0 Å². The molecule has 0 fully saturated rings. The predicted octanol–water partition coefficient (Wildman–Crippen LogP) is 5.11. The maximum atomic E-state index is 13.7. The molecule has 0 radical (unpaired) electrons. The summed E-state index contributed by atoms with van der Waals surface area (Å²) in [6, 6.07) is 7.71. The van der Waals surface area contributed by atoms with Crippen molar-refractivity contribution < 1.29 is 8.78 Å². The van der Waals surface area contributed by atoms with Crippen LogP contribution in [-0.2, 0) is 6.54 Å². The van der Waals surface area contributed by atoms with Crippen LogP contribution in [0.1, 0.15) is 24.5 Å². The number of aromatic nitrogens is 2. The van der Waals surface area contributed by atoms with Crippen LogP contribution in [0, 0.1) is 11.6 Å². The van der Waals surface area contributed by atoms with E-state index < -0.39 is 11.6 Å². The van der Waals surface area contributed by atoms with Gasteiger partial charge in [-0.3, -0.25) is 0 Å². The van der Waals surface area contributed by atoms with Crippen molar-refractivity contribution >= 4 is 27.9 Å². The van der Waals surface area contributed by atoms with E-state index in [2.05, 4.69) is 27.1 Å². The molecule has 0 saturated carbocycles. The number of thiazole rings is 1. The van der Waals surface area contributed by atoms with Crippen LogP contribution in [0.4, 0.5) is 19.7 Å². The fourth-order valence-electron chi connectivity index (χ4n) is 3.29. The molecule has 4 nitrogen and oxygen atoms in total. The second-order valence-electron chi connectivity index (χ2n) is 6.73. The van der Waals surface area contributed by atoms with Crippen LogP contribution >= 0.6 is 11.3 Å². The third-order valence-corrected chi connectivity index (χ3v) is 5.76. The maximum Gasteiger partial charge on any atom is 0.185 e. The van der Waals surface area contributed by atoms with Gasteiger partial charge >= 0.3 is 0 Å². The van der Waals surface area contributed by atoms with E-state index in [1.165, 1.54) is 29.3 Å². The molecule has 0 bridgehead atoms. The summed E-state index contributed by atoms with van der Waals surface area (Å²) in [5.41, 5.74) is 3.67. The average Bonchev–Trinajstić information content (AvgIpc) is 3.23. The van der Waals surface area contributed by atoms with Gasteiger partial charge in [0.2, 0.25) is 0 Å². The van der Waals surface area contributed by atoms with Crippen LogP contribution in [0.15, 0.2) is 53.7 Å². The van der Waals surface area contributed by atoms with Crippen LogP contribution in [0.2, 0.25) is 0 Å². The second kappa shape index (κ2) is 8.06. The van der Waals surface area contributed by atoms with Crippen molar-refractivity contribution in [2.24, 2.45) is 0 Å². The maximum absolute atomic E-state index is 13.7. The average molecular weight is 398 g/mol. The lowest BCUT2D eigenvalue weighted by molar-refractivity contribution is 0.560. The molecular formula is C21H20F2N4S.